The van der Waals surface area contributed by atoms with Crippen molar-refractivity contribution in [1.29, 1.82) is 0 Å². The number of hydrogen-bond donors (Lipinski definition) is 5. The summed E-state index contributed by atoms with van der Waals surface area (Å²) >= 11 is 5.81. The van der Waals surface area contributed by atoms with Gasteiger partial charge in [0.2, 0.25) is 17.7 Å². The number of fused-ring (bicyclic) bond motifs is 1. The van der Waals surface area contributed by atoms with Crippen LogP contribution in [-0.2, 0) is 14.4 Å². The van der Waals surface area contributed by atoms with Crippen molar-refractivity contribution < 1.29 is 23.6 Å². The van der Waals surface area contributed by atoms with E-state index >= 15 is 0 Å². The van der Waals surface area contributed by atoms with Gasteiger partial charge in [0, 0.05) is 22.4 Å². The fraction of sp³-hybridized carbons (Fsp3) is 0.500. The van der Waals surface area contributed by atoms with Gasteiger partial charge in [-0.05, 0) is 57.2 Å². The standard InChI is InChI=1S/C24H29ClFN5O4/c1-24(2)10-13(21(33)31-24)8-17(20(27)32)29-22(34)18(5-11-3-4-11)30-23(35)19-7-12-6-15(26)14(25)9-16(12)28-19/h6-7,9,11,13,17-18,28H,3-5,8,10H2,1-2H3,(H2,27,32)(H,29,34)(H,30,35)(H,31,33)/t13-,17+,18+/m1/s1. The van der Waals surface area contributed by atoms with Crippen LogP contribution in [0.1, 0.15) is 56.4 Å². The molecule has 2 fully saturated rings. The summed E-state index contributed by atoms with van der Waals surface area (Å²) in [6, 6.07) is 2.12. The highest BCUT2D eigenvalue weighted by Gasteiger charge is 2.40. The Hall–Kier alpha value is -3.14. The molecule has 11 heteroatoms. The van der Waals surface area contributed by atoms with E-state index in [1.165, 1.54) is 18.2 Å². The molecule has 1 aromatic heterocycles. The van der Waals surface area contributed by atoms with E-state index in [0.29, 0.717) is 23.7 Å². The summed E-state index contributed by atoms with van der Waals surface area (Å²) in [5, 5.41) is 8.61. The molecule has 1 saturated carbocycles. The largest absolute Gasteiger partial charge is 0.368 e. The van der Waals surface area contributed by atoms with E-state index < -0.39 is 47.1 Å². The average Bonchev–Trinajstić information content (AvgIpc) is 3.42. The van der Waals surface area contributed by atoms with Crippen LogP contribution in [0.15, 0.2) is 18.2 Å². The third-order valence-corrected chi connectivity index (χ3v) is 6.85. The third-order valence-electron chi connectivity index (χ3n) is 6.56. The maximum atomic E-state index is 13.8. The molecule has 4 amide bonds. The van der Waals surface area contributed by atoms with Gasteiger partial charge in [0.1, 0.15) is 23.6 Å². The van der Waals surface area contributed by atoms with E-state index in [4.69, 9.17) is 17.3 Å². The minimum Gasteiger partial charge on any atom is -0.368 e. The zero-order valence-corrected chi connectivity index (χ0v) is 20.3. The summed E-state index contributed by atoms with van der Waals surface area (Å²) < 4.78 is 13.8. The van der Waals surface area contributed by atoms with Crippen LogP contribution in [0.4, 0.5) is 4.39 Å². The molecular formula is C24H29ClFN5O4. The zero-order chi connectivity index (χ0) is 25.5. The fourth-order valence-electron chi connectivity index (χ4n) is 4.59. The Morgan fingerprint density at radius 3 is 2.49 bits per heavy atom. The molecule has 188 valence electrons. The van der Waals surface area contributed by atoms with Gasteiger partial charge >= 0.3 is 0 Å². The number of carbonyl (C=O) groups is 4. The Kier molecular flexibility index (Phi) is 6.77. The van der Waals surface area contributed by atoms with E-state index in [1.54, 1.807) is 0 Å². The molecule has 2 aliphatic rings. The second kappa shape index (κ2) is 9.49. The Morgan fingerprint density at radius 2 is 1.89 bits per heavy atom. The second-order valence-electron chi connectivity index (χ2n) is 10.2. The number of benzene rings is 1. The fourth-order valence-corrected chi connectivity index (χ4v) is 4.76. The minimum absolute atomic E-state index is 0.0749. The highest BCUT2D eigenvalue weighted by molar-refractivity contribution is 6.31. The van der Waals surface area contributed by atoms with Crippen molar-refractivity contribution in [3.63, 3.8) is 0 Å². The van der Waals surface area contributed by atoms with Crippen molar-refractivity contribution >= 4 is 46.1 Å². The molecule has 0 spiro atoms. The molecule has 35 heavy (non-hydrogen) atoms. The highest BCUT2D eigenvalue weighted by atomic mass is 35.5. The predicted molar refractivity (Wildman–Crippen MR) is 128 cm³/mol. The van der Waals surface area contributed by atoms with Crippen LogP contribution in [0.25, 0.3) is 10.9 Å². The topological polar surface area (TPSA) is 146 Å². The number of aromatic amines is 1. The van der Waals surface area contributed by atoms with Crippen molar-refractivity contribution in [2.75, 3.05) is 0 Å². The maximum absolute atomic E-state index is 13.8. The Balaban J connectivity index is 1.46. The lowest BCUT2D eigenvalue weighted by atomic mass is 9.91. The van der Waals surface area contributed by atoms with Crippen molar-refractivity contribution in [2.45, 2.75) is 63.6 Å². The van der Waals surface area contributed by atoms with Crippen molar-refractivity contribution in [3.8, 4) is 0 Å². The first kappa shape index (κ1) is 25.0. The van der Waals surface area contributed by atoms with E-state index in [0.717, 1.165) is 12.8 Å². The number of nitrogens with one attached hydrogen (secondary N) is 4. The molecule has 1 aliphatic carbocycles. The van der Waals surface area contributed by atoms with Gasteiger partial charge in [-0.25, -0.2) is 4.39 Å². The molecule has 1 aliphatic heterocycles. The lowest BCUT2D eigenvalue weighted by Gasteiger charge is -2.23. The Labute approximate surface area is 206 Å². The first-order valence-electron chi connectivity index (χ1n) is 11.6. The van der Waals surface area contributed by atoms with Crippen LogP contribution in [0, 0.1) is 17.7 Å². The van der Waals surface area contributed by atoms with Gasteiger partial charge in [0.15, 0.2) is 0 Å². The van der Waals surface area contributed by atoms with Gasteiger partial charge in [0.05, 0.1) is 5.02 Å². The molecule has 0 unspecified atom stereocenters. The van der Waals surface area contributed by atoms with Crippen molar-refractivity contribution in [1.82, 2.24) is 20.9 Å². The van der Waals surface area contributed by atoms with E-state index in [9.17, 15) is 23.6 Å². The number of carbonyl (C=O) groups excluding carboxylic acids is 4. The molecule has 2 heterocycles. The predicted octanol–water partition coefficient (Wildman–Crippen LogP) is 2.13. The maximum Gasteiger partial charge on any atom is 0.268 e. The summed E-state index contributed by atoms with van der Waals surface area (Å²) in [5.41, 5.74) is 5.76. The Bertz CT molecular complexity index is 1150. The average molecular weight is 506 g/mol. The van der Waals surface area contributed by atoms with Gasteiger partial charge < -0.3 is 26.7 Å². The van der Waals surface area contributed by atoms with Crippen LogP contribution in [0.5, 0.6) is 0 Å². The number of nitrogens with two attached hydrogens (primary N) is 1. The number of amides is 4. The molecule has 9 nitrogen and oxygen atoms in total. The van der Waals surface area contributed by atoms with Crippen LogP contribution < -0.4 is 21.7 Å². The summed E-state index contributed by atoms with van der Waals surface area (Å²) in [5.74, 6) is -2.81. The van der Waals surface area contributed by atoms with Gasteiger partial charge in [0.25, 0.3) is 5.91 Å². The van der Waals surface area contributed by atoms with Crippen LogP contribution in [-0.4, -0.2) is 46.2 Å². The first-order chi connectivity index (χ1) is 16.4. The molecule has 0 radical (unpaired) electrons. The van der Waals surface area contributed by atoms with Gasteiger partial charge in [-0.2, -0.15) is 0 Å². The smallest absolute Gasteiger partial charge is 0.268 e. The van der Waals surface area contributed by atoms with Gasteiger partial charge in [-0.1, -0.05) is 24.4 Å². The SMILES string of the molecule is CC1(C)C[C@@H](C[C@H](NC(=O)[C@H](CC2CC2)NC(=O)c2cc3cc(F)c(Cl)cc3[nH]2)C(N)=O)C(=O)N1. The molecule has 1 saturated heterocycles. The molecule has 3 atom stereocenters. The third kappa shape index (κ3) is 5.93. The summed E-state index contributed by atoms with van der Waals surface area (Å²) in [7, 11) is 0. The molecule has 4 rings (SSSR count). The summed E-state index contributed by atoms with van der Waals surface area (Å²) in [6.07, 6.45) is 2.88. The normalized spacial score (nSPS) is 20.8. The number of halogens is 2. The minimum atomic E-state index is -1.05. The molecule has 2 aromatic rings. The summed E-state index contributed by atoms with van der Waals surface area (Å²) in [4.78, 5) is 53.3. The quantitative estimate of drug-likeness (QED) is 0.355. The molecule has 1 aromatic carbocycles. The lowest BCUT2D eigenvalue weighted by molar-refractivity contribution is -0.130. The van der Waals surface area contributed by atoms with Gasteiger partial charge in [-0.15, -0.1) is 0 Å². The zero-order valence-electron chi connectivity index (χ0n) is 19.5. The monoisotopic (exact) mass is 505 g/mol. The number of hydrogen-bond acceptors (Lipinski definition) is 4. The summed E-state index contributed by atoms with van der Waals surface area (Å²) in [6.45, 7) is 3.77. The first-order valence-corrected chi connectivity index (χ1v) is 12.0. The van der Waals surface area contributed by atoms with Crippen molar-refractivity contribution in [3.05, 3.63) is 34.7 Å². The molecule has 0 bridgehead atoms. The van der Waals surface area contributed by atoms with Crippen LogP contribution in [0.2, 0.25) is 5.02 Å². The van der Waals surface area contributed by atoms with E-state index in [-0.39, 0.29) is 29.0 Å². The van der Waals surface area contributed by atoms with E-state index in [1.807, 2.05) is 13.8 Å². The van der Waals surface area contributed by atoms with Gasteiger partial charge in [-0.3, -0.25) is 19.2 Å². The number of aromatic nitrogens is 1. The van der Waals surface area contributed by atoms with Crippen molar-refractivity contribution in [2.24, 2.45) is 17.6 Å². The van der Waals surface area contributed by atoms with E-state index in [2.05, 4.69) is 20.9 Å². The number of primary amides is 1. The number of H-pyrrole nitrogens is 1. The van der Waals surface area contributed by atoms with Crippen LogP contribution >= 0.6 is 11.6 Å². The molecule has 6 N–H and O–H groups in total. The van der Waals surface area contributed by atoms with Crippen LogP contribution in [0.3, 0.4) is 0 Å². The Morgan fingerprint density at radius 1 is 1.17 bits per heavy atom. The highest BCUT2D eigenvalue weighted by Crippen LogP contribution is 2.34. The lowest BCUT2D eigenvalue weighted by Crippen LogP contribution is -2.53. The number of rotatable bonds is 9. The second-order valence-corrected chi connectivity index (χ2v) is 10.6. The molecular weight excluding hydrogens is 477 g/mol.